The van der Waals surface area contributed by atoms with E-state index in [1.807, 2.05) is 0 Å². The summed E-state index contributed by atoms with van der Waals surface area (Å²) in [5, 5.41) is 13.6. The number of β-amino-alcohol motifs (C(OH)–C–C–N with tert-alkyl or cyclic N) is 1. The Morgan fingerprint density at radius 3 is 2.65 bits per heavy atom. The SMILES string of the molecule is COCC(O)CN1CCC(NC(C)c2cc(C)ccc2C)CC1. The molecule has 1 aliphatic rings. The van der Waals surface area contributed by atoms with Crippen LogP contribution >= 0.6 is 0 Å². The molecule has 130 valence electrons. The van der Waals surface area contributed by atoms with E-state index in [-0.39, 0.29) is 6.10 Å². The van der Waals surface area contributed by atoms with Gasteiger partial charge in [-0.15, -0.1) is 0 Å². The lowest BCUT2D eigenvalue weighted by Gasteiger charge is -2.35. The highest BCUT2D eigenvalue weighted by atomic mass is 16.5. The first-order valence-electron chi connectivity index (χ1n) is 8.72. The molecule has 2 N–H and O–H groups in total. The topological polar surface area (TPSA) is 44.7 Å². The van der Waals surface area contributed by atoms with Gasteiger partial charge in [0.15, 0.2) is 0 Å². The van der Waals surface area contributed by atoms with Gasteiger partial charge in [-0.1, -0.05) is 23.8 Å². The smallest absolute Gasteiger partial charge is 0.0900 e. The fourth-order valence-electron chi connectivity index (χ4n) is 3.50. The third kappa shape index (κ3) is 5.57. The second-order valence-electron chi connectivity index (χ2n) is 6.93. The van der Waals surface area contributed by atoms with Crippen LogP contribution in [0, 0.1) is 13.8 Å². The summed E-state index contributed by atoms with van der Waals surface area (Å²) in [6.45, 7) is 9.81. The Balaban J connectivity index is 1.80. The van der Waals surface area contributed by atoms with Gasteiger partial charge in [-0.3, -0.25) is 0 Å². The number of nitrogens with zero attached hydrogens (tertiary/aromatic N) is 1. The first kappa shape index (κ1) is 18.4. The molecular formula is C19H32N2O2. The highest BCUT2D eigenvalue weighted by Gasteiger charge is 2.22. The predicted molar refractivity (Wildman–Crippen MR) is 94.8 cm³/mol. The monoisotopic (exact) mass is 320 g/mol. The number of benzene rings is 1. The van der Waals surface area contributed by atoms with E-state index in [0.717, 1.165) is 25.9 Å². The van der Waals surface area contributed by atoms with E-state index in [4.69, 9.17) is 4.74 Å². The number of methoxy groups -OCH3 is 1. The normalized spacial score (nSPS) is 19.7. The van der Waals surface area contributed by atoms with Crippen LogP contribution in [0.1, 0.15) is 42.5 Å². The van der Waals surface area contributed by atoms with Gasteiger partial charge < -0.3 is 20.1 Å². The number of piperidine rings is 1. The highest BCUT2D eigenvalue weighted by Crippen LogP contribution is 2.21. The third-order valence-electron chi connectivity index (χ3n) is 4.80. The van der Waals surface area contributed by atoms with Crippen LogP contribution in [0.4, 0.5) is 0 Å². The van der Waals surface area contributed by atoms with Crippen LogP contribution in [-0.4, -0.2) is 55.5 Å². The Kier molecular flexibility index (Phi) is 7.03. The number of aliphatic hydroxyl groups excluding tert-OH is 1. The van der Waals surface area contributed by atoms with Crippen molar-refractivity contribution in [2.45, 2.75) is 51.8 Å². The average Bonchev–Trinajstić information content (AvgIpc) is 2.52. The maximum Gasteiger partial charge on any atom is 0.0900 e. The van der Waals surface area contributed by atoms with Crippen molar-refractivity contribution in [3.05, 3.63) is 34.9 Å². The van der Waals surface area contributed by atoms with Crippen LogP contribution in [0.25, 0.3) is 0 Å². The highest BCUT2D eigenvalue weighted by molar-refractivity contribution is 5.32. The summed E-state index contributed by atoms with van der Waals surface area (Å²) in [7, 11) is 1.63. The van der Waals surface area contributed by atoms with E-state index in [1.165, 1.54) is 16.7 Å². The molecule has 0 saturated carbocycles. The number of likely N-dealkylation sites (tertiary alicyclic amines) is 1. The molecule has 0 aromatic heterocycles. The van der Waals surface area contributed by atoms with Crippen LogP contribution in [0.5, 0.6) is 0 Å². The zero-order valence-electron chi connectivity index (χ0n) is 15.0. The van der Waals surface area contributed by atoms with Gasteiger partial charge in [-0.25, -0.2) is 0 Å². The van der Waals surface area contributed by atoms with Crippen molar-refractivity contribution in [2.75, 3.05) is 33.4 Å². The summed E-state index contributed by atoms with van der Waals surface area (Å²) in [4.78, 5) is 2.34. The van der Waals surface area contributed by atoms with Crippen LogP contribution in [0.15, 0.2) is 18.2 Å². The minimum absolute atomic E-state index is 0.377. The predicted octanol–water partition coefficient (Wildman–Crippen LogP) is 2.43. The van der Waals surface area contributed by atoms with Gasteiger partial charge in [-0.05, 0) is 57.8 Å². The summed E-state index contributed by atoms with van der Waals surface area (Å²) in [5.74, 6) is 0. The molecule has 23 heavy (non-hydrogen) atoms. The van der Waals surface area contributed by atoms with Crippen molar-refractivity contribution in [2.24, 2.45) is 0 Å². The van der Waals surface area contributed by atoms with E-state index in [2.05, 4.69) is 49.2 Å². The molecule has 0 aliphatic carbocycles. The maximum atomic E-state index is 9.84. The van der Waals surface area contributed by atoms with Gasteiger partial charge in [-0.2, -0.15) is 0 Å². The van der Waals surface area contributed by atoms with Gasteiger partial charge in [0, 0.05) is 25.7 Å². The minimum Gasteiger partial charge on any atom is -0.389 e. The summed E-state index contributed by atoms with van der Waals surface area (Å²) in [5.41, 5.74) is 4.08. The second-order valence-corrected chi connectivity index (χ2v) is 6.93. The maximum absolute atomic E-state index is 9.84. The standard InChI is InChI=1S/C19H32N2O2/c1-14-5-6-15(2)19(11-14)16(3)20-17-7-9-21(10-8-17)12-18(22)13-23-4/h5-6,11,16-18,20,22H,7-10,12-13H2,1-4H3. The van der Waals surface area contributed by atoms with Crippen molar-refractivity contribution in [1.29, 1.82) is 0 Å². The van der Waals surface area contributed by atoms with Crippen LogP contribution < -0.4 is 5.32 Å². The van der Waals surface area contributed by atoms with Crippen LogP contribution in [-0.2, 0) is 4.74 Å². The first-order valence-corrected chi connectivity index (χ1v) is 8.72. The van der Waals surface area contributed by atoms with Crippen LogP contribution in [0.3, 0.4) is 0 Å². The Morgan fingerprint density at radius 1 is 1.30 bits per heavy atom. The molecule has 1 saturated heterocycles. The van der Waals surface area contributed by atoms with Crippen molar-refractivity contribution >= 4 is 0 Å². The molecule has 0 bridgehead atoms. The van der Waals surface area contributed by atoms with Gasteiger partial charge in [0.2, 0.25) is 0 Å². The molecule has 2 rings (SSSR count). The molecule has 0 amide bonds. The van der Waals surface area contributed by atoms with E-state index in [0.29, 0.717) is 25.2 Å². The number of ether oxygens (including phenoxy) is 1. The molecule has 4 nitrogen and oxygen atoms in total. The number of aliphatic hydroxyl groups is 1. The summed E-state index contributed by atoms with van der Waals surface area (Å²) in [6.07, 6.45) is 1.89. The van der Waals surface area contributed by atoms with Crippen molar-refractivity contribution in [1.82, 2.24) is 10.2 Å². The fourth-order valence-corrected chi connectivity index (χ4v) is 3.50. The molecule has 2 unspecified atom stereocenters. The molecular weight excluding hydrogens is 288 g/mol. The largest absolute Gasteiger partial charge is 0.389 e. The molecule has 1 heterocycles. The number of rotatable bonds is 7. The van der Waals surface area contributed by atoms with Gasteiger partial charge in [0.25, 0.3) is 0 Å². The van der Waals surface area contributed by atoms with Gasteiger partial charge >= 0.3 is 0 Å². The number of aryl methyl sites for hydroxylation is 2. The molecule has 1 aromatic rings. The molecule has 1 fully saturated rings. The van der Waals surface area contributed by atoms with Crippen molar-refractivity contribution in [3.8, 4) is 0 Å². The number of nitrogens with one attached hydrogen (secondary N) is 1. The quantitative estimate of drug-likeness (QED) is 0.810. The lowest BCUT2D eigenvalue weighted by molar-refractivity contribution is 0.0308. The zero-order valence-corrected chi connectivity index (χ0v) is 15.0. The zero-order chi connectivity index (χ0) is 16.8. The van der Waals surface area contributed by atoms with E-state index >= 15 is 0 Å². The Hall–Kier alpha value is -0.940. The van der Waals surface area contributed by atoms with Gasteiger partial charge in [0.05, 0.1) is 12.7 Å². The number of hydrogen-bond acceptors (Lipinski definition) is 4. The van der Waals surface area contributed by atoms with E-state index in [9.17, 15) is 5.11 Å². The molecule has 4 heteroatoms. The fraction of sp³-hybridized carbons (Fsp3) is 0.684. The lowest BCUT2D eigenvalue weighted by atomic mass is 9.97. The first-order chi connectivity index (χ1) is 11.0. The van der Waals surface area contributed by atoms with Crippen molar-refractivity contribution in [3.63, 3.8) is 0 Å². The van der Waals surface area contributed by atoms with E-state index in [1.54, 1.807) is 7.11 Å². The summed E-state index contributed by atoms with van der Waals surface area (Å²) in [6, 6.07) is 7.62. The Bertz CT molecular complexity index is 484. The molecule has 1 aliphatic heterocycles. The van der Waals surface area contributed by atoms with Crippen molar-refractivity contribution < 1.29 is 9.84 Å². The third-order valence-corrected chi connectivity index (χ3v) is 4.80. The molecule has 0 spiro atoms. The number of hydrogen-bond donors (Lipinski definition) is 2. The second kappa shape index (κ2) is 8.78. The lowest BCUT2D eigenvalue weighted by Crippen LogP contribution is -2.46. The minimum atomic E-state index is -0.377. The average molecular weight is 320 g/mol. The van der Waals surface area contributed by atoms with E-state index < -0.39 is 0 Å². The Morgan fingerprint density at radius 2 is 2.00 bits per heavy atom. The summed E-state index contributed by atoms with van der Waals surface area (Å²) < 4.78 is 5.00. The Labute approximate surface area is 140 Å². The molecule has 1 aromatic carbocycles. The molecule has 2 atom stereocenters. The van der Waals surface area contributed by atoms with Crippen LogP contribution in [0.2, 0.25) is 0 Å². The van der Waals surface area contributed by atoms with Gasteiger partial charge in [0.1, 0.15) is 0 Å². The molecule has 0 radical (unpaired) electrons. The summed E-state index contributed by atoms with van der Waals surface area (Å²) >= 11 is 0.